The molecular weight excluding hydrogens is 378 g/mol. The minimum atomic E-state index is -0.313. The molecule has 2 aliphatic heterocycles. The first-order valence-corrected chi connectivity index (χ1v) is 10.2. The lowest BCUT2D eigenvalue weighted by Crippen LogP contribution is -2.46. The molecule has 2 N–H and O–H groups in total. The molecule has 0 saturated carbocycles. The van der Waals surface area contributed by atoms with Crippen LogP contribution in [0.2, 0.25) is 0 Å². The zero-order valence-electron chi connectivity index (χ0n) is 15.3. The predicted octanol–water partition coefficient (Wildman–Crippen LogP) is 2.46. The van der Waals surface area contributed by atoms with Gasteiger partial charge in [-0.15, -0.1) is 11.3 Å². The number of fused-ring (bicyclic) bond motifs is 2. The van der Waals surface area contributed by atoms with Crippen molar-refractivity contribution in [3.05, 3.63) is 52.1 Å². The van der Waals surface area contributed by atoms with E-state index in [-0.39, 0.29) is 11.5 Å². The summed E-state index contributed by atoms with van der Waals surface area (Å²) in [5.74, 6) is 0.677. The predicted molar refractivity (Wildman–Crippen MR) is 103 cm³/mol. The van der Waals surface area contributed by atoms with Crippen LogP contribution in [0.1, 0.15) is 38.8 Å². The van der Waals surface area contributed by atoms with E-state index >= 15 is 0 Å². The smallest absolute Gasteiger partial charge is 0.297 e. The highest BCUT2D eigenvalue weighted by Crippen LogP contribution is 2.45. The van der Waals surface area contributed by atoms with Gasteiger partial charge in [0.05, 0.1) is 29.8 Å². The molecule has 1 saturated heterocycles. The number of ether oxygens (including phenoxy) is 1. The molecule has 0 aromatic carbocycles. The van der Waals surface area contributed by atoms with Crippen molar-refractivity contribution >= 4 is 23.3 Å². The maximum atomic E-state index is 12.6. The van der Waals surface area contributed by atoms with Gasteiger partial charge in [-0.25, -0.2) is 9.97 Å². The second kappa shape index (κ2) is 7.06. The van der Waals surface area contributed by atoms with E-state index in [1.807, 2.05) is 6.07 Å². The number of aromatic nitrogens is 3. The van der Waals surface area contributed by atoms with Crippen LogP contribution in [0.5, 0.6) is 0 Å². The standard InChI is InChI=1S/C19H21N5O3S/c25-17(23-12-16-20-4-5-21-16)15-11-13-14(28-15)1-9-27-19(13)2-7-24(8-3-19)18-22-6-10-26-18/h4-6,10-11H,1-3,7-9,12H2,(H,20,21)(H,23,25). The summed E-state index contributed by atoms with van der Waals surface area (Å²) in [7, 11) is 0. The fraction of sp³-hybridized carbons (Fsp3) is 0.421. The highest BCUT2D eigenvalue weighted by molar-refractivity contribution is 7.14. The van der Waals surface area contributed by atoms with E-state index in [9.17, 15) is 4.79 Å². The average molecular weight is 399 g/mol. The van der Waals surface area contributed by atoms with Gasteiger partial charge in [-0.3, -0.25) is 4.79 Å². The van der Waals surface area contributed by atoms with Crippen LogP contribution < -0.4 is 10.2 Å². The van der Waals surface area contributed by atoms with Gasteiger partial charge in [0.2, 0.25) is 0 Å². The number of nitrogens with one attached hydrogen (secondary N) is 2. The number of H-pyrrole nitrogens is 1. The molecule has 2 aliphatic rings. The van der Waals surface area contributed by atoms with Crippen LogP contribution in [0.15, 0.2) is 35.3 Å². The first-order valence-electron chi connectivity index (χ1n) is 9.42. The average Bonchev–Trinajstić information content (AvgIpc) is 3.48. The van der Waals surface area contributed by atoms with E-state index in [0.29, 0.717) is 19.2 Å². The third-order valence-electron chi connectivity index (χ3n) is 5.46. The third kappa shape index (κ3) is 3.10. The van der Waals surface area contributed by atoms with Gasteiger partial charge >= 0.3 is 0 Å². The molecule has 0 radical (unpaired) electrons. The first kappa shape index (κ1) is 17.4. The summed E-state index contributed by atoms with van der Waals surface area (Å²) in [6, 6.07) is 2.69. The third-order valence-corrected chi connectivity index (χ3v) is 6.66. The quantitative estimate of drug-likeness (QED) is 0.700. The minimum Gasteiger partial charge on any atom is -0.432 e. The summed E-state index contributed by atoms with van der Waals surface area (Å²) in [5, 5.41) is 2.94. The Bertz CT molecular complexity index is 943. The maximum absolute atomic E-state index is 12.6. The summed E-state index contributed by atoms with van der Waals surface area (Å²) < 4.78 is 11.7. The summed E-state index contributed by atoms with van der Waals surface area (Å²) >= 11 is 1.58. The van der Waals surface area contributed by atoms with Gasteiger partial charge in [-0.2, -0.15) is 0 Å². The number of amides is 1. The molecule has 3 aromatic rings. The molecule has 8 nitrogen and oxygen atoms in total. The Morgan fingerprint density at radius 1 is 1.32 bits per heavy atom. The normalized spacial score (nSPS) is 18.2. The molecule has 5 rings (SSSR count). The summed E-state index contributed by atoms with van der Waals surface area (Å²) in [6.07, 6.45) is 9.26. The fourth-order valence-electron chi connectivity index (χ4n) is 4.02. The number of carbonyl (C=O) groups excluding carboxylic acids is 1. The Kier molecular flexibility index (Phi) is 4.40. The van der Waals surface area contributed by atoms with Crippen molar-refractivity contribution in [2.24, 2.45) is 0 Å². The van der Waals surface area contributed by atoms with Crippen LogP contribution in [0.25, 0.3) is 0 Å². The molecular formula is C19H21N5O3S. The topological polar surface area (TPSA) is 96.3 Å². The van der Waals surface area contributed by atoms with Gasteiger partial charge in [-0.05, 0) is 24.5 Å². The van der Waals surface area contributed by atoms with Crippen LogP contribution in [0, 0.1) is 0 Å². The lowest BCUT2D eigenvalue weighted by molar-refractivity contribution is -0.0760. The summed E-state index contributed by atoms with van der Waals surface area (Å²) in [6.45, 7) is 2.72. The van der Waals surface area contributed by atoms with Crippen LogP contribution >= 0.6 is 11.3 Å². The van der Waals surface area contributed by atoms with E-state index in [4.69, 9.17) is 9.15 Å². The number of hydrogen-bond donors (Lipinski definition) is 2. The number of hydrogen-bond acceptors (Lipinski definition) is 7. The molecule has 146 valence electrons. The number of imidazole rings is 1. The van der Waals surface area contributed by atoms with Crippen LogP contribution in [0.3, 0.4) is 0 Å². The molecule has 0 atom stereocenters. The number of piperidine rings is 1. The Balaban J connectivity index is 1.32. The van der Waals surface area contributed by atoms with Gasteiger partial charge in [-0.1, -0.05) is 0 Å². The number of nitrogens with zero attached hydrogens (tertiary/aromatic N) is 3. The lowest BCUT2D eigenvalue weighted by Gasteiger charge is -2.43. The van der Waals surface area contributed by atoms with Gasteiger partial charge in [0.25, 0.3) is 11.9 Å². The molecule has 3 aromatic heterocycles. The summed E-state index contributed by atoms with van der Waals surface area (Å²) in [5.41, 5.74) is 0.867. The fourth-order valence-corrected chi connectivity index (χ4v) is 5.17. The number of rotatable bonds is 4. The molecule has 28 heavy (non-hydrogen) atoms. The highest BCUT2D eigenvalue weighted by atomic mass is 32.1. The van der Waals surface area contributed by atoms with Crippen LogP contribution in [-0.4, -0.2) is 40.6 Å². The Labute approximate surface area is 165 Å². The zero-order chi connectivity index (χ0) is 19.0. The second-order valence-electron chi connectivity index (χ2n) is 7.06. The molecule has 1 amide bonds. The van der Waals surface area contributed by atoms with E-state index in [1.165, 1.54) is 10.4 Å². The van der Waals surface area contributed by atoms with E-state index < -0.39 is 0 Å². The molecule has 1 fully saturated rings. The Morgan fingerprint density at radius 2 is 2.21 bits per heavy atom. The van der Waals surface area contributed by atoms with Crippen molar-refractivity contribution in [1.82, 2.24) is 20.3 Å². The zero-order valence-corrected chi connectivity index (χ0v) is 16.1. The van der Waals surface area contributed by atoms with Crippen molar-refractivity contribution in [3.8, 4) is 0 Å². The number of aromatic amines is 1. The highest BCUT2D eigenvalue weighted by Gasteiger charge is 2.43. The Morgan fingerprint density at radius 3 is 2.96 bits per heavy atom. The SMILES string of the molecule is O=C(NCc1ncc[nH]1)c1cc2c(s1)CCOC21CCN(c2ncco2)CC1. The maximum Gasteiger partial charge on any atom is 0.297 e. The number of carbonyl (C=O) groups is 1. The van der Waals surface area contributed by atoms with Crippen molar-refractivity contribution in [2.75, 3.05) is 24.6 Å². The van der Waals surface area contributed by atoms with Gasteiger partial charge in [0.15, 0.2) is 0 Å². The molecule has 5 heterocycles. The van der Waals surface area contributed by atoms with E-state index in [2.05, 4.69) is 25.2 Å². The largest absolute Gasteiger partial charge is 0.432 e. The minimum absolute atomic E-state index is 0.0665. The molecule has 0 bridgehead atoms. The van der Waals surface area contributed by atoms with Gasteiger partial charge in [0, 0.05) is 36.8 Å². The first-order chi connectivity index (χ1) is 13.7. The van der Waals surface area contributed by atoms with Crippen LogP contribution in [-0.2, 0) is 23.3 Å². The van der Waals surface area contributed by atoms with E-state index in [0.717, 1.165) is 43.1 Å². The van der Waals surface area contributed by atoms with Gasteiger partial charge < -0.3 is 24.4 Å². The number of thiophene rings is 1. The second-order valence-corrected chi connectivity index (χ2v) is 8.20. The molecule has 0 unspecified atom stereocenters. The van der Waals surface area contributed by atoms with Crippen molar-refractivity contribution in [1.29, 1.82) is 0 Å². The van der Waals surface area contributed by atoms with Crippen molar-refractivity contribution < 1.29 is 13.9 Å². The number of anilines is 1. The summed E-state index contributed by atoms with van der Waals surface area (Å²) in [4.78, 5) is 28.1. The lowest BCUT2D eigenvalue weighted by atomic mass is 9.82. The Hall–Kier alpha value is -2.65. The van der Waals surface area contributed by atoms with Gasteiger partial charge in [0.1, 0.15) is 12.1 Å². The van der Waals surface area contributed by atoms with Crippen molar-refractivity contribution in [2.45, 2.75) is 31.4 Å². The van der Waals surface area contributed by atoms with E-state index in [1.54, 1.807) is 36.2 Å². The molecule has 9 heteroatoms. The van der Waals surface area contributed by atoms with Crippen LogP contribution in [0.4, 0.5) is 6.01 Å². The number of oxazole rings is 1. The monoisotopic (exact) mass is 399 g/mol. The van der Waals surface area contributed by atoms with Crippen molar-refractivity contribution in [3.63, 3.8) is 0 Å². The molecule has 1 spiro atoms. The molecule has 0 aliphatic carbocycles.